The maximum atomic E-state index is 12.6. The van der Waals surface area contributed by atoms with E-state index in [0.29, 0.717) is 5.02 Å². The number of thioether (sulfide) groups is 1. The Kier molecular flexibility index (Phi) is 4.07. The molecule has 2 aromatic rings. The maximum absolute atomic E-state index is 12.6. The molecule has 1 fully saturated rings. The van der Waals surface area contributed by atoms with Gasteiger partial charge in [-0.05, 0) is 31.0 Å². The second-order valence-corrected chi connectivity index (χ2v) is 7.55. The lowest BCUT2D eigenvalue weighted by Crippen LogP contribution is -2.22. The van der Waals surface area contributed by atoms with E-state index >= 15 is 0 Å². The molecule has 0 atom stereocenters. The molecule has 1 aliphatic heterocycles. The fourth-order valence-corrected chi connectivity index (χ4v) is 4.56. The summed E-state index contributed by atoms with van der Waals surface area (Å²) >= 11 is 7.96. The average Bonchev–Trinajstić information content (AvgIpc) is 3.25. The number of carbonyl (C=O) groups is 1. The van der Waals surface area contributed by atoms with Gasteiger partial charge >= 0.3 is 0 Å². The minimum atomic E-state index is 0.130. The van der Waals surface area contributed by atoms with Crippen LogP contribution in [0.25, 0.3) is 5.69 Å². The summed E-state index contributed by atoms with van der Waals surface area (Å²) < 4.78 is 1.84. The van der Waals surface area contributed by atoms with Gasteiger partial charge < -0.3 is 5.32 Å². The van der Waals surface area contributed by atoms with Crippen molar-refractivity contribution in [3.63, 3.8) is 0 Å². The van der Waals surface area contributed by atoms with E-state index in [-0.39, 0.29) is 11.8 Å². The number of aromatic nitrogens is 2. The van der Waals surface area contributed by atoms with Crippen LogP contribution in [0.5, 0.6) is 0 Å². The first-order valence-electron chi connectivity index (χ1n) is 7.97. The van der Waals surface area contributed by atoms with Gasteiger partial charge in [0.05, 0.1) is 11.4 Å². The first-order valence-corrected chi connectivity index (χ1v) is 9.51. The Morgan fingerprint density at radius 2 is 2.13 bits per heavy atom. The summed E-state index contributed by atoms with van der Waals surface area (Å²) in [7, 11) is 0. The number of benzene rings is 1. The fraction of sp³-hybridized carbons (Fsp3) is 0.412. The topological polar surface area (TPSA) is 46.9 Å². The molecule has 0 saturated heterocycles. The van der Waals surface area contributed by atoms with Crippen LogP contribution in [0.3, 0.4) is 0 Å². The number of hydrogen-bond acceptors (Lipinski definition) is 3. The molecule has 1 aromatic heterocycles. The van der Waals surface area contributed by atoms with Crippen LogP contribution in [-0.4, -0.2) is 15.7 Å². The zero-order valence-electron chi connectivity index (χ0n) is 12.7. The smallest absolute Gasteiger partial charge is 0.228 e. The van der Waals surface area contributed by atoms with Crippen molar-refractivity contribution in [2.24, 2.45) is 5.92 Å². The first kappa shape index (κ1) is 15.1. The van der Waals surface area contributed by atoms with Crippen LogP contribution in [-0.2, 0) is 16.3 Å². The summed E-state index contributed by atoms with van der Waals surface area (Å²) in [4.78, 5) is 12.6. The molecular weight excluding hydrogens is 330 g/mol. The summed E-state index contributed by atoms with van der Waals surface area (Å²) in [5.74, 6) is 2.89. The Morgan fingerprint density at radius 1 is 1.30 bits per heavy atom. The number of carbonyl (C=O) groups excluding carboxylic acids is 1. The minimum Gasteiger partial charge on any atom is -0.310 e. The summed E-state index contributed by atoms with van der Waals surface area (Å²) in [5.41, 5.74) is 3.11. The lowest BCUT2D eigenvalue weighted by atomic mass is 10.1. The molecule has 6 heteroatoms. The number of halogens is 1. The Balaban J connectivity index is 1.71. The molecule has 1 aromatic carbocycles. The van der Waals surface area contributed by atoms with Crippen LogP contribution >= 0.6 is 23.4 Å². The Labute approximate surface area is 144 Å². The van der Waals surface area contributed by atoms with Gasteiger partial charge in [0.2, 0.25) is 5.91 Å². The Hall–Kier alpha value is -1.46. The first-order chi connectivity index (χ1) is 11.2. The van der Waals surface area contributed by atoms with E-state index in [1.54, 1.807) is 0 Å². The quantitative estimate of drug-likeness (QED) is 0.895. The van der Waals surface area contributed by atoms with Gasteiger partial charge in [-0.15, -0.1) is 0 Å². The monoisotopic (exact) mass is 347 g/mol. The third-order valence-corrected chi connectivity index (χ3v) is 5.78. The van der Waals surface area contributed by atoms with Crippen LogP contribution in [0.4, 0.5) is 5.82 Å². The summed E-state index contributed by atoms with van der Waals surface area (Å²) in [6, 6.07) is 7.59. The van der Waals surface area contributed by atoms with Crippen molar-refractivity contribution in [2.45, 2.75) is 37.2 Å². The van der Waals surface area contributed by atoms with Crippen LogP contribution in [0, 0.1) is 5.92 Å². The van der Waals surface area contributed by atoms with E-state index in [1.165, 1.54) is 0 Å². The van der Waals surface area contributed by atoms with Gasteiger partial charge in [-0.25, -0.2) is 4.68 Å². The van der Waals surface area contributed by atoms with Crippen LogP contribution in [0.2, 0.25) is 5.02 Å². The number of rotatable bonds is 3. The van der Waals surface area contributed by atoms with Crippen molar-refractivity contribution in [1.29, 1.82) is 0 Å². The zero-order chi connectivity index (χ0) is 15.8. The Morgan fingerprint density at radius 3 is 2.91 bits per heavy atom. The standard InChI is InChI=1S/C17H18ClN3OS/c18-12-6-3-7-13(8-12)21-16(14-9-23-10-15(14)20-21)19-17(22)11-4-1-2-5-11/h3,6-8,11H,1-2,4-5,9-10H2,(H,19,22). The molecule has 0 bridgehead atoms. The molecule has 1 amide bonds. The van der Waals surface area contributed by atoms with Gasteiger partial charge in [-0.3, -0.25) is 4.79 Å². The number of nitrogens with zero attached hydrogens (tertiary/aromatic N) is 2. The lowest BCUT2D eigenvalue weighted by molar-refractivity contribution is -0.119. The SMILES string of the molecule is O=C(Nc1c2c(nn1-c1cccc(Cl)c1)CSC2)C1CCCC1. The van der Waals surface area contributed by atoms with E-state index in [2.05, 4.69) is 5.32 Å². The summed E-state index contributed by atoms with van der Waals surface area (Å²) in [6.07, 6.45) is 4.29. The molecular formula is C17H18ClN3OS. The highest BCUT2D eigenvalue weighted by molar-refractivity contribution is 7.98. The minimum absolute atomic E-state index is 0.130. The van der Waals surface area contributed by atoms with Gasteiger partial charge in [-0.2, -0.15) is 16.9 Å². The number of nitrogens with one attached hydrogen (secondary N) is 1. The second kappa shape index (κ2) is 6.21. The van der Waals surface area contributed by atoms with Gasteiger partial charge in [0.1, 0.15) is 5.82 Å². The molecule has 0 unspecified atom stereocenters. The molecule has 1 saturated carbocycles. The van der Waals surface area contributed by atoms with E-state index in [0.717, 1.165) is 60.0 Å². The zero-order valence-corrected chi connectivity index (χ0v) is 14.3. The summed E-state index contributed by atoms with van der Waals surface area (Å²) in [6.45, 7) is 0. The molecule has 2 aliphatic rings. The normalized spacial score (nSPS) is 17.4. The highest BCUT2D eigenvalue weighted by Crippen LogP contribution is 2.37. The number of fused-ring (bicyclic) bond motifs is 1. The van der Waals surface area contributed by atoms with Crippen LogP contribution in [0.1, 0.15) is 36.9 Å². The van der Waals surface area contributed by atoms with Crippen LogP contribution in [0.15, 0.2) is 24.3 Å². The predicted molar refractivity (Wildman–Crippen MR) is 94.2 cm³/mol. The third kappa shape index (κ3) is 2.88. The highest BCUT2D eigenvalue weighted by Gasteiger charge is 2.28. The molecule has 4 nitrogen and oxygen atoms in total. The Bertz CT molecular complexity index is 752. The van der Waals surface area contributed by atoms with Crippen molar-refractivity contribution < 1.29 is 4.79 Å². The molecule has 0 spiro atoms. The van der Waals surface area contributed by atoms with Crippen molar-refractivity contribution in [2.75, 3.05) is 5.32 Å². The van der Waals surface area contributed by atoms with Gasteiger partial charge in [0.15, 0.2) is 0 Å². The van der Waals surface area contributed by atoms with Crippen molar-refractivity contribution in [3.8, 4) is 5.69 Å². The maximum Gasteiger partial charge on any atom is 0.228 e. The lowest BCUT2D eigenvalue weighted by Gasteiger charge is -2.14. The van der Waals surface area contributed by atoms with Gasteiger partial charge in [0, 0.05) is 28.0 Å². The van der Waals surface area contributed by atoms with E-state index in [9.17, 15) is 4.79 Å². The number of hydrogen-bond donors (Lipinski definition) is 1. The fourth-order valence-electron chi connectivity index (χ4n) is 3.34. The molecule has 1 aliphatic carbocycles. The second-order valence-electron chi connectivity index (χ2n) is 6.13. The van der Waals surface area contributed by atoms with E-state index in [1.807, 2.05) is 40.7 Å². The van der Waals surface area contributed by atoms with E-state index < -0.39 is 0 Å². The molecule has 0 radical (unpaired) electrons. The number of anilines is 1. The largest absolute Gasteiger partial charge is 0.310 e. The molecule has 4 rings (SSSR count). The third-order valence-electron chi connectivity index (χ3n) is 4.57. The number of amides is 1. The van der Waals surface area contributed by atoms with Gasteiger partial charge in [-0.1, -0.05) is 30.5 Å². The van der Waals surface area contributed by atoms with Crippen molar-refractivity contribution in [1.82, 2.24) is 9.78 Å². The summed E-state index contributed by atoms with van der Waals surface area (Å²) in [5, 5.41) is 8.53. The van der Waals surface area contributed by atoms with Crippen LogP contribution < -0.4 is 5.32 Å². The molecule has 120 valence electrons. The molecule has 23 heavy (non-hydrogen) atoms. The van der Waals surface area contributed by atoms with Crippen molar-refractivity contribution in [3.05, 3.63) is 40.5 Å². The average molecular weight is 348 g/mol. The molecule has 2 heterocycles. The molecule has 1 N–H and O–H groups in total. The van der Waals surface area contributed by atoms with Crippen molar-refractivity contribution >= 4 is 35.1 Å². The van der Waals surface area contributed by atoms with E-state index in [4.69, 9.17) is 16.7 Å². The predicted octanol–water partition coefficient (Wildman–Crippen LogP) is 4.40. The van der Waals surface area contributed by atoms with Gasteiger partial charge in [0.25, 0.3) is 0 Å². The highest BCUT2D eigenvalue weighted by atomic mass is 35.5.